The molecule has 130 valence electrons. The number of phenols is 1. The van der Waals surface area contributed by atoms with Crippen LogP contribution in [0, 0.1) is 0 Å². The van der Waals surface area contributed by atoms with E-state index in [4.69, 9.17) is 0 Å². The topological polar surface area (TPSA) is 43.8 Å². The molecule has 0 atom stereocenters. The molecule has 0 fully saturated rings. The lowest BCUT2D eigenvalue weighted by molar-refractivity contribution is 0.0998. The summed E-state index contributed by atoms with van der Waals surface area (Å²) >= 11 is 1.56. The van der Waals surface area contributed by atoms with Gasteiger partial charge < -0.3 is 10.0 Å². The van der Waals surface area contributed by atoms with Crippen LogP contribution >= 0.6 is 11.8 Å². The minimum atomic E-state index is -0.0864. The quantitative estimate of drug-likeness (QED) is 0.704. The molecule has 0 unspecified atom stereocenters. The van der Waals surface area contributed by atoms with Crippen molar-refractivity contribution < 1.29 is 9.90 Å². The second kappa shape index (κ2) is 6.42. The zero-order valence-corrected chi connectivity index (χ0v) is 15.3. The van der Waals surface area contributed by atoms with Crippen molar-refractivity contribution in [1.29, 1.82) is 0 Å². The molecule has 0 saturated carbocycles. The summed E-state index contributed by atoms with van der Waals surface area (Å²) in [7, 11) is 3.98. The Morgan fingerprint density at radius 3 is 2.27 bits per heavy atom. The monoisotopic (exact) mass is 362 g/mol. The summed E-state index contributed by atoms with van der Waals surface area (Å²) in [5.41, 5.74) is 3.33. The first-order valence-electron chi connectivity index (χ1n) is 8.26. The third kappa shape index (κ3) is 2.80. The zero-order chi connectivity index (χ0) is 18.3. The van der Waals surface area contributed by atoms with Crippen LogP contribution < -0.4 is 9.80 Å². The predicted molar refractivity (Wildman–Crippen MR) is 106 cm³/mol. The van der Waals surface area contributed by atoms with Crippen LogP contribution in [-0.4, -0.2) is 25.1 Å². The van der Waals surface area contributed by atoms with Gasteiger partial charge in [-0.3, -0.25) is 9.69 Å². The van der Waals surface area contributed by atoms with E-state index < -0.39 is 0 Å². The number of rotatable bonds is 2. The summed E-state index contributed by atoms with van der Waals surface area (Å²) in [6, 6.07) is 20.4. The minimum Gasteiger partial charge on any atom is -0.508 e. The number of nitrogens with zero attached hydrogens (tertiary/aromatic N) is 2. The Labute approximate surface area is 156 Å². The molecule has 3 aromatic carbocycles. The van der Waals surface area contributed by atoms with Gasteiger partial charge >= 0.3 is 0 Å². The average molecular weight is 362 g/mol. The van der Waals surface area contributed by atoms with Crippen molar-refractivity contribution in [1.82, 2.24) is 0 Å². The van der Waals surface area contributed by atoms with E-state index in [2.05, 4.69) is 6.07 Å². The van der Waals surface area contributed by atoms with Gasteiger partial charge in [0.1, 0.15) is 5.75 Å². The van der Waals surface area contributed by atoms with Crippen LogP contribution in [0.4, 0.5) is 17.1 Å². The fourth-order valence-electron chi connectivity index (χ4n) is 2.99. The summed E-state index contributed by atoms with van der Waals surface area (Å²) in [5, 5.41) is 9.90. The standard InChI is InChI=1S/C21H18N2O2S/c1-22(2)15-8-10-17-19(12-15)26-20-13-16(24)9-11-18(20)23(17)21(25)14-6-4-3-5-7-14/h3-13,24H,1-2H3. The Bertz CT molecular complexity index is 987. The molecule has 4 nitrogen and oxygen atoms in total. The lowest BCUT2D eigenvalue weighted by Crippen LogP contribution is -2.28. The van der Waals surface area contributed by atoms with Crippen molar-refractivity contribution in [2.45, 2.75) is 9.79 Å². The van der Waals surface area contributed by atoms with Gasteiger partial charge in [0.25, 0.3) is 5.91 Å². The van der Waals surface area contributed by atoms with Gasteiger partial charge in [-0.05, 0) is 48.5 Å². The fourth-order valence-corrected chi connectivity index (χ4v) is 4.12. The van der Waals surface area contributed by atoms with Gasteiger partial charge in [0.15, 0.2) is 0 Å². The van der Waals surface area contributed by atoms with Crippen LogP contribution in [0.3, 0.4) is 0 Å². The molecule has 0 bridgehead atoms. The highest BCUT2D eigenvalue weighted by molar-refractivity contribution is 7.99. The number of phenolic OH excluding ortho intramolecular Hbond substituents is 1. The van der Waals surface area contributed by atoms with Crippen molar-refractivity contribution in [3.8, 4) is 5.75 Å². The van der Waals surface area contributed by atoms with E-state index in [1.807, 2.05) is 61.5 Å². The molecule has 5 heteroatoms. The van der Waals surface area contributed by atoms with E-state index in [1.165, 1.54) is 0 Å². The number of aromatic hydroxyl groups is 1. The highest BCUT2D eigenvalue weighted by Crippen LogP contribution is 2.50. The van der Waals surface area contributed by atoms with E-state index in [-0.39, 0.29) is 11.7 Å². The molecule has 1 N–H and O–H groups in total. The first-order chi connectivity index (χ1) is 12.5. The second-order valence-corrected chi connectivity index (χ2v) is 7.39. The average Bonchev–Trinajstić information content (AvgIpc) is 2.65. The number of hydrogen-bond donors (Lipinski definition) is 1. The molecule has 26 heavy (non-hydrogen) atoms. The summed E-state index contributed by atoms with van der Waals surface area (Å²) in [6.45, 7) is 0. The van der Waals surface area contributed by atoms with Crippen LogP contribution in [0.1, 0.15) is 10.4 Å². The van der Waals surface area contributed by atoms with Crippen LogP contribution in [0.25, 0.3) is 0 Å². The minimum absolute atomic E-state index is 0.0864. The molecule has 4 rings (SSSR count). The molecular formula is C21H18N2O2S. The highest BCUT2D eigenvalue weighted by Gasteiger charge is 2.29. The van der Waals surface area contributed by atoms with E-state index >= 15 is 0 Å². The number of amides is 1. The van der Waals surface area contributed by atoms with Crippen LogP contribution in [-0.2, 0) is 0 Å². The lowest BCUT2D eigenvalue weighted by Gasteiger charge is -2.32. The SMILES string of the molecule is CN(C)c1ccc2c(c1)Sc1cc(O)ccc1N2C(=O)c1ccccc1. The zero-order valence-electron chi connectivity index (χ0n) is 14.5. The molecule has 0 aliphatic carbocycles. The Morgan fingerprint density at radius 1 is 0.923 bits per heavy atom. The fraction of sp³-hybridized carbons (Fsp3) is 0.0952. The van der Waals surface area contributed by atoms with E-state index in [0.717, 1.165) is 26.9 Å². The van der Waals surface area contributed by atoms with Gasteiger partial charge in [0.2, 0.25) is 0 Å². The third-order valence-electron chi connectivity index (χ3n) is 4.33. The number of hydrogen-bond acceptors (Lipinski definition) is 4. The Hall–Kier alpha value is -2.92. The van der Waals surface area contributed by atoms with E-state index in [9.17, 15) is 9.90 Å². The molecule has 0 spiro atoms. The molecule has 1 aliphatic heterocycles. The normalized spacial score (nSPS) is 12.3. The molecule has 0 aromatic heterocycles. The van der Waals surface area contributed by atoms with Gasteiger partial charge in [-0.1, -0.05) is 30.0 Å². The van der Waals surface area contributed by atoms with Crippen molar-refractivity contribution in [3.63, 3.8) is 0 Å². The first-order valence-corrected chi connectivity index (χ1v) is 9.08. The van der Waals surface area contributed by atoms with Crippen molar-refractivity contribution in [2.24, 2.45) is 0 Å². The number of benzene rings is 3. The molecule has 1 heterocycles. The summed E-state index contributed by atoms with van der Waals surface area (Å²) in [4.78, 5) is 18.9. The van der Waals surface area contributed by atoms with Crippen molar-refractivity contribution in [3.05, 3.63) is 72.3 Å². The lowest BCUT2D eigenvalue weighted by atomic mass is 10.1. The van der Waals surface area contributed by atoms with Gasteiger partial charge in [0, 0.05) is 35.1 Å². The molecule has 3 aromatic rings. The summed E-state index contributed by atoms with van der Waals surface area (Å²) in [5.74, 6) is 0.104. The second-order valence-electron chi connectivity index (χ2n) is 6.31. The molecule has 0 saturated heterocycles. The van der Waals surface area contributed by atoms with Crippen molar-refractivity contribution >= 4 is 34.7 Å². The Morgan fingerprint density at radius 2 is 1.58 bits per heavy atom. The largest absolute Gasteiger partial charge is 0.508 e. The molecule has 1 amide bonds. The maximum atomic E-state index is 13.3. The maximum absolute atomic E-state index is 13.3. The predicted octanol–water partition coefficient (Wildman–Crippen LogP) is 4.90. The molecular weight excluding hydrogens is 344 g/mol. The van der Waals surface area contributed by atoms with Crippen molar-refractivity contribution in [2.75, 3.05) is 23.9 Å². The smallest absolute Gasteiger partial charge is 0.262 e. The summed E-state index contributed by atoms with van der Waals surface area (Å²) < 4.78 is 0. The Kier molecular flexibility index (Phi) is 4.09. The molecule has 1 aliphatic rings. The Balaban J connectivity index is 1.89. The number of carbonyl (C=O) groups is 1. The molecule has 0 radical (unpaired) electrons. The van der Waals surface area contributed by atoms with Gasteiger partial charge in [-0.2, -0.15) is 0 Å². The maximum Gasteiger partial charge on any atom is 0.262 e. The van der Waals surface area contributed by atoms with Crippen LogP contribution in [0.15, 0.2) is 76.5 Å². The van der Waals surface area contributed by atoms with Gasteiger partial charge in [0.05, 0.1) is 11.4 Å². The van der Waals surface area contributed by atoms with Gasteiger partial charge in [-0.25, -0.2) is 0 Å². The highest BCUT2D eigenvalue weighted by atomic mass is 32.2. The number of fused-ring (bicyclic) bond motifs is 2. The first kappa shape index (κ1) is 16.5. The number of carbonyl (C=O) groups excluding carboxylic acids is 1. The summed E-state index contributed by atoms with van der Waals surface area (Å²) in [6.07, 6.45) is 0. The van der Waals surface area contributed by atoms with Crippen LogP contribution in [0.5, 0.6) is 5.75 Å². The van der Waals surface area contributed by atoms with E-state index in [1.54, 1.807) is 34.9 Å². The van der Waals surface area contributed by atoms with Crippen LogP contribution in [0.2, 0.25) is 0 Å². The number of anilines is 3. The van der Waals surface area contributed by atoms with E-state index in [0.29, 0.717) is 5.56 Å². The van der Waals surface area contributed by atoms with Gasteiger partial charge in [-0.15, -0.1) is 0 Å². The third-order valence-corrected chi connectivity index (χ3v) is 5.42.